The van der Waals surface area contributed by atoms with Gasteiger partial charge in [-0.2, -0.15) is 4.89 Å². The molecule has 0 saturated heterocycles. The number of hydrogen-bond donors (Lipinski definition) is 1. The zero-order valence-electron chi connectivity index (χ0n) is 17.6. The summed E-state index contributed by atoms with van der Waals surface area (Å²) in [7, 11) is 0. The number of ketones is 1. The van der Waals surface area contributed by atoms with E-state index in [4.69, 9.17) is 9.62 Å². The molecule has 1 atom stereocenters. The van der Waals surface area contributed by atoms with Crippen molar-refractivity contribution in [2.75, 3.05) is 6.61 Å². The minimum absolute atomic E-state index is 0.0670. The Balaban J connectivity index is 1.72. The Labute approximate surface area is 173 Å². The molecule has 29 heavy (non-hydrogen) atoms. The maximum atomic E-state index is 13.0. The van der Waals surface area contributed by atoms with Gasteiger partial charge in [-0.25, -0.2) is 5.26 Å². The molecular formula is C25H32O4. The molecule has 0 amide bonds. The highest BCUT2D eigenvalue weighted by atomic mass is 17.1. The lowest BCUT2D eigenvalue weighted by Crippen LogP contribution is -2.40. The first-order valence-electron chi connectivity index (χ1n) is 10.9. The third kappa shape index (κ3) is 4.61. The van der Waals surface area contributed by atoms with Gasteiger partial charge in [0.25, 0.3) is 5.79 Å². The van der Waals surface area contributed by atoms with Crippen molar-refractivity contribution >= 4 is 5.78 Å². The second-order valence-electron chi connectivity index (χ2n) is 7.95. The fourth-order valence-electron chi connectivity index (χ4n) is 4.12. The van der Waals surface area contributed by atoms with Gasteiger partial charge in [-0.05, 0) is 19.4 Å². The SMILES string of the molecule is CCCCCCCCCCOC1(OO)c2ccccc2C(=O)c2cc(C)ccc21. The molecule has 2 aromatic carbocycles. The van der Waals surface area contributed by atoms with Crippen LogP contribution in [0.1, 0.15) is 90.9 Å². The third-order valence-electron chi connectivity index (χ3n) is 5.73. The van der Waals surface area contributed by atoms with Crippen molar-refractivity contribution in [1.29, 1.82) is 0 Å². The largest absolute Gasteiger partial charge is 0.340 e. The molecule has 156 valence electrons. The molecule has 0 aliphatic heterocycles. The number of carbonyl (C=O) groups is 1. The first-order chi connectivity index (χ1) is 14.1. The first-order valence-corrected chi connectivity index (χ1v) is 10.9. The van der Waals surface area contributed by atoms with Crippen LogP contribution in [-0.4, -0.2) is 17.6 Å². The van der Waals surface area contributed by atoms with E-state index in [2.05, 4.69) is 6.92 Å². The highest BCUT2D eigenvalue weighted by Crippen LogP contribution is 2.43. The first kappa shape index (κ1) is 21.7. The second-order valence-corrected chi connectivity index (χ2v) is 7.95. The number of benzene rings is 2. The molecule has 1 N–H and O–H groups in total. The lowest BCUT2D eigenvalue weighted by molar-refractivity contribution is -0.396. The average molecular weight is 397 g/mol. The fourth-order valence-corrected chi connectivity index (χ4v) is 4.12. The van der Waals surface area contributed by atoms with Gasteiger partial charge in [0, 0.05) is 22.3 Å². The number of aryl methyl sites for hydroxylation is 1. The normalized spacial score (nSPS) is 17.8. The van der Waals surface area contributed by atoms with E-state index in [9.17, 15) is 10.1 Å². The van der Waals surface area contributed by atoms with Gasteiger partial charge in [-0.3, -0.25) is 4.79 Å². The van der Waals surface area contributed by atoms with E-state index in [1.165, 1.54) is 38.5 Å². The smallest absolute Gasteiger partial charge is 0.255 e. The monoisotopic (exact) mass is 396 g/mol. The number of unbranched alkanes of at least 4 members (excludes halogenated alkanes) is 7. The van der Waals surface area contributed by atoms with Crippen LogP contribution in [0.15, 0.2) is 42.5 Å². The van der Waals surface area contributed by atoms with E-state index in [1.807, 2.05) is 37.3 Å². The van der Waals surface area contributed by atoms with E-state index in [-0.39, 0.29) is 5.78 Å². The molecule has 0 heterocycles. The Morgan fingerprint density at radius 2 is 1.52 bits per heavy atom. The minimum atomic E-state index is -1.46. The molecule has 4 nitrogen and oxygen atoms in total. The lowest BCUT2D eigenvalue weighted by atomic mass is 9.80. The van der Waals surface area contributed by atoms with Gasteiger partial charge >= 0.3 is 0 Å². The van der Waals surface area contributed by atoms with Crippen LogP contribution >= 0.6 is 0 Å². The zero-order chi connectivity index (χ0) is 20.7. The average Bonchev–Trinajstić information content (AvgIpc) is 2.75. The third-order valence-corrected chi connectivity index (χ3v) is 5.73. The van der Waals surface area contributed by atoms with Crippen LogP contribution in [0.5, 0.6) is 0 Å². The maximum absolute atomic E-state index is 13.0. The van der Waals surface area contributed by atoms with Crippen LogP contribution in [0, 0.1) is 6.92 Å². The van der Waals surface area contributed by atoms with Crippen molar-refractivity contribution < 1.29 is 19.7 Å². The van der Waals surface area contributed by atoms with Crippen molar-refractivity contribution in [3.8, 4) is 0 Å². The molecular weight excluding hydrogens is 364 g/mol. The molecule has 0 spiro atoms. The van der Waals surface area contributed by atoms with Crippen LogP contribution < -0.4 is 0 Å². The number of carbonyl (C=O) groups excluding carboxylic acids is 1. The highest BCUT2D eigenvalue weighted by molar-refractivity contribution is 6.13. The van der Waals surface area contributed by atoms with Gasteiger partial charge < -0.3 is 4.74 Å². The molecule has 0 bridgehead atoms. The Kier molecular flexibility index (Phi) is 7.59. The summed E-state index contributed by atoms with van der Waals surface area (Å²) < 4.78 is 6.18. The van der Waals surface area contributed by atoms with Gasteiger partial charge in [0.2, 0.25) is 0 Å². The van der Waals surface area contributed by atoms with Crippen molar-refractivity contribution in [2.45, 2.75) is 71.0 Å². The molecule has 1 aliphatic rings. The Bertz CT molecular complexity index is 829. The van der Waals surface area contributed by atoms with Gasteiger partial charge in [-0.1, -0.05) is 93.8 Å². The number of ether oxygens (including phenoxy) is 1. The number of hydrogen-bond acceptors (Lipinski definition) is 4. The molecule has 3 rings (SSSR count). The summed E-state index contributed by atoms with van der Waals surface area (Å²) in [6.45, 7) is 4.62. The van der Waals surface area contributed by atoms with E-state index < -0.39 is 5.79 Å². The van der Waals surface area contributed by atoms with Crippen LogP contribution in [0.4, 0.5) is 0 Å². The van der Waals surface area contributed by atoms with Crippen LogP contribution in [0.25, 0.3) is 0 Å². The molecule has 1 unspecified atom stereocenters. The van der Waals surface area contributed by atoms with Crippen molar-refractivity contribution in [2.24, 2.45) is 0 Å². The Hall–Kier alpha value is -2.01. The van der Waals surface area contributed by atoms with Crippen LogP contribution in [0.3, 0.4) is 0 Å². The van der Waals surface area contributed by atoms with Gasteiger partial charge in [-0.15, -0.1) is 0 Å². The van der Waals surface area contributed by atoms with Crippen molar-refractivity contribution in [1.82, 2.24) is 0 Å². The summed E-state index contributed by atoms with van der Waals surface area (Å²) in [6, 6.07) is 12.8. The fraction of sp³-hybridized carbons (Fsp3) is 0.480. The molecule has 2 aromatic rings. The van der Waals surface area contributed by atoms with Gasteiger partial charge in [0.05, 0.1) is 6.61 Å². The second kappa shape index (κ2) is 10.1. The Morgan fingerprint density at radius 1 is 0.862 bits per heavy atom. The molecule has 1 aliphatic carbocycles. The van der Waals surface area contributed by atoms with Gasteiger partial charge in [0.1, 0.15) is 0 Å². The summed E-state index contributed by atoms with van der Waals surface area (Å²) >= 11 is 0. The predicted molar refractivity (Wildman–Crippen MR) is 114 cm³/mol. The maximum Gasteiger partial charge on any atom is 0.255 e. The molecule has 0 fully saturated rings. The summed E-state index contributed by atoms with van der Waals surface area (Å²) in [5, 5.41) is 9.98. The van der Waals surface area contributed by atoms with Gasteiger partial charge in [0.15, 0.2) is 5.78 Å². The summed E-state index contributed by atoms with van der Waals surface area (Å²) in [6.07, 6.45) is 9.59. The summed E-state index contributed by atoms with van der Waals surface area (Å²) in [5.41, 5.74) is 3.13. The topological polar surface area (TPSA) is 55.8 Å². The standard InChI is InChI=1S/C25H32O4/c1-3-4-5-6-7-8-9-12-17-28-25(29-27)22-14-11-10-13-20(22)24(26)21-18-19(2)15-16-23(21)25/h10-11,13-16,18,27H,3-9,12,17H2,1-2H3. The number of rotatable bonds is 11. The highest BCUT2D eigenvalue weighted by Gasteiger charge is 2.46. The van der Waals surface area contributed by atoms with E-state index in [0.717, 1.165) is 18.4 Å². The molecule has 4 heteroatoms. The van der Waals surface area contributed by atoms with E-state index >= 15 is 0 Å². The summed E-state index contributed by atoms with van der Waals surface area (Å²) in [4.78, 5) is 18.0. The molecule has 0 radical (unpaired) electrons. The number of fused-ring (bicyclic) bond motifs is 2. The zero-order valence-corrected chi connectivity index (χ0v) is 17.6. The van der Waals surface area contributed by atoms with E-state index in [1.54, 1.807) is 12.1 Å². The van der Waals surface area contributed by atoms with E-state index in [0.29, 0.717) is 28.9 Å². The minimum Gasteiger partial charge on any atom is -0.340 e. The van der Waals surface area contributed by atoms with Crippen LogP contribution in [-0.2, 0) is 15.4 Å². The summed E-state index contributed by atoms with van der Waals surface area (Å²) in [5.74, 6) is -1.53. The quantitative estimate of drug-likeness (QED) is 0.207. The van der Waals surface area contributed by atoms with Crippen LogP contribution in [0.2, 0.25) is 0 Å². The Morgan fingerprint density at radius 3 is 2.24 bits per heavy atom. The lowest BCUT2D eigenvalue weighted by Gasteiger charge is -2.37. The molecule has 0 aromatic heterocycles. The molecule has 0 saturated carbocycles. The predicted octanol–water partition coefficient (Wildman–Crippen LogP) is 6.39. The van der Waals surface area contributed by atoms with Crippen molar-refractivity contribution in [3.05, 3.63) is 70.3 Å². The van der Waals surface area contributed by atoms with Crippen molar-refractivity contribution in [3.63, 3.8) is 0 Å².